The van der Waals surface area contributed by atoms with Gasteiger partial charge in [0.1, 0.15) is 0 Å². The number of sulfone groups is 1. The highest BCUT2D eigenvalue weighted by molar-refractivity contribution is 9.10. The molecule has 138 valence electrons. The first-order chi connectivity index (χ1) is 12.3. The molecule has 0 atom stereocenters. The number of hydrogen-bond donors (Lipinski definition) is 2. The van der Waals surface area contributed by atoms with Gasteiger partial charge in [0.2, 0.25) is 5.91 Å². The molecule has 26 heavy (non-hydrogen) atoms. The van der Waals surface area contributed by atoms with Crippen molar-refractivity contribution in [2.24, 2.45) is 0 Å². The molecule has 8 heteroatoms. The van der Waals surface area contributed by atoms with Crippen molar-refractivity contribution in [2.75, 3.05) is 17.6 Å². The largest absolute Gasteiger partial charge is 0.351 e. The normalized spacial score (nSPS) is 11.0. The number of rotatable bonds is 7. The Morgan fingerprint density at radius 3 is 2.35 bits per heavy atom. The quantitative estimate of drug-likeness (QED) is 0.694. The van der Waals surface area contributed by atoms with Gasteiger partial charge in [-0.25, -0.2) is 8.42 Å². The number of anilines is 1. The van der Waals surface area contributed by atoms with Crippen molar-refractivity contribution in [3.8, 4) is 0 Å². The van der Waals surface area contributed by atoms with Gasteiger partial charge in [0.05, 0.1) is 16.2 Å². The summed E-state index contributed by atoms with van der Waals surface area (Å²) in [6.07, 6.45) is 0.0739. The minimum atomic E-state index is -3.50. The molecule has 0 aliphatic heterocycles. The summed E-state index contributed by atoms with van der Waals surface area (Å²) in [4.78, 5) is 24.2. The topological polar surface area (TPSA) is 92.3 Å². The second kappa shape index (κ2) is 8.95. The first-order valence-electron chi connectivity index (χ1n) is 7.99. The maximum absolute atomic E-state index is 12.3. The van der Waals surface area contributed by atoms with Gasteiger partial charge >= 0.3 is 0 Å². The highest BCUT2D eigenvalue weighted by atomic mass is 79.9. The smallest absolute Gasteiger partial charge is 0.252 e. The first-order valence-corrected chi connectivity index (χ1v) is 10.4. The maximum atomic E-state index is 12.3. The molecule has 2 amide bonds. The number of halogens is 1. The van der Waals surface area contributed by atoms with Crippen molar-refractivity contribution in [3.05, 3.63) is 58.6 Å². The first kappa shape index (κ1) is 20.1. The van der Waals surface area contributed by atoms with Crippen molar-refractivity contribution in [1.82, 2.24) is 5.32 Å². The lowest BCUT2D eigenvalue weighted by Gasteiger charge is -2.10. The number of hydrogen-bond acceptors (Lipinski definition) is 4. The summed E-state index contributed by atoms with van der Waals surface area (Å²) in [5.41, 5.74) is 0.742. The molecule has 0 aliphatic carbocycles. The molecule has 0 aliphatic rings. The van der Waals surface area contributed by atoms with Crippen LogP contribution in [0.3, 0.4) is 0 Å². The van der Waals surface area contributed by atoms with E-state index < -0.39 is 15.7 Å². The fraction of sp³-hybridized carbons (Fsp3) is 0.222. The van der Waals surface area contributed by atoms with Gasteiger partial charge in [-0.05, 0) is 36.4 Å². The molecule has 6 nitrogen and oxygen atoms in total. The second-order valence-electron chi connectivity index (χ2n) is 5.46. The van der Waals surface area contributed by atoms with Gasteiger partial charge < -0.3 is 10.6 Å². The van der Waals surface area contributed by atoms with E-state index in [0.717, 1.165) is 4.47 Å². The Morgan fingerprint density at radius 2 is 1.69 bits per heavy atom. The molecule has 0 radical (unpaired) electrons. The van der Waals surface area contributed by atoms with Crippen LogP contribution in [0.2, 0.25) is 0 Å². The van der Waals surface area contributed by atoms with Gasteiger partial charge in [0.25, 0.3) is 5.91 Å². The van der Waals surface area contributed by atoms with Gasteiger partial charge in [-0.1, -0.05) is 35.0 Å². The third-order valence-corrected chi connectivity index (χ3v) is 5.93. The Hall–Kier alpha value is -2.19. The highest BCUT2D eigenvalue weighted by Gasteiger charge is 2.20. The van der Waals surface area contributed by atoms with Gasteiger partial charge in [0.15, 0.2) is 9.84 Å². The minimum Gasteiger partial charge on any atom is -0.351 e. The van der Waals surface area contributed by atoms with Crippen molar-refractivity contribution in [3.63, 3.8) is 0 Å². The molecule has 0 saturated heterocycles. The Kier molecular flexibility index (Phi) is 6.93. The van der Waals surface area contributed by atoms with E-state index in [1.54, 1.807) is 24.3 Å². The maximum Gasteiger partial charge on any atom is 0.252 e. The Morgan fingerprint density at radius 1 is 1.04 bits per heavy atom. The lowest BCUT2D eigenvalue weighted by molar-refractivity contribution is -0.116. The van der Waals surface area contributed by atoms with Crippen LogP contribution in [0, 0.1) is 0 Å². The standard InChI is InChI=1S/C18H19BrN2O4S/c1-2-26(24,25)16-6-4-3-5-15(16)18(23)20-12-11-17(22)21-14-9-7-13(19)8-10-14/h3-10H,2,11-12H2,1H3,(H,20,23)(H,21,22). The van der Waals surface area contributed by atoms with Crippen LogP contribution in [0.1, 0.15) is 23.7 Å². The van der Waals surface area contributed by atoms with E-state index in [2.05, 4.69) is 26.6 Å². The van der Waals surface area contributed by atoms with Crippen molar-refractivity contribution in [1.29, 1.82) is 0 Å². The molecule has 2 aromatic rings. The van der Waals surface area contributed by atoms with E-state index in [9.17, 15) is 18.0 Å². The highest BCUT2D eigenvalue weighted by Crippen LogP contribution is 2.17. The van der Waals surface area contributed by atoms with E-state index in [-0.39, 0.29) is 35.1 Å². The van der Waals surface area contributed by atoms with Crippen LogP contribution in [-0.4, -0.2) is 32.5 Å². The third kappa shape index (κ3) is 5.40. The summed E-state index contributed by atoms with van der Waals surface area (Å²) >= 11 is 3.31. The molecule has 0 saturated carbocycles. The van der Waals surface area contributed by atoms with E-state index in [1.165, 1.54) is 19.1 Å². The molecule has 2 aromatic carbocycles. The van der Waals surface area contributed by atoms with Gasteiger partial charge in [-0.3, -0.25) is 9.59 Å². The number of carbonyl (C=O) groups excluding carboxylic acids is 2. The van der Waals surface area contributed by atoms with E-state index >= 15 is 0 Å². The second-order valence-corrected chi connectivity index (χ2v) is 8.62. The zero-order chi connectivity index (χ0) is 19.2. The molecular formula is C18H19BrN2O4S. The summed E-state index contributed by atoms with van der Waals surface area (Å²) in [5, 5.41) is 5.31. The molecule has 0 spiro atoms. The van der Waals surface area contributed by atoms with Gasteiger partial charge in [0, 0.05) is 23.1 Å². The number of carbonyl (C=O) groups is 2. The van der Waals surface area contributed by atoms with E-state index in [0.29, 0.717) is 5.69 Å². The molecule has 0 fully saturated rings. The minimum absolute atomic E-state index is 0.000635. The SMILES string of the molecule is CCS(=O)(=O)c1ccccc1C(=O)NCCC(=O)Nc1ccc(Br)cc1. The van der Waals surface area contributed by atoms with Crippen LogP contribution >= 0.6 is 15.9 Å². The zero-order valence-corrected chi connectivity index (χ0v) is 16.6. The van der Waals surface area contributed by atoms with Crippen molar-refractivity contribution < 1.29 is 18.0 Å². The predicted octanol–water partition coefficient (Wildman–Crippen LogP) is 3.00. The number of nitrogens with one attached hydrogen (secondary N) is 2. The average molecular weight is 439 g/mol. The van der Waals surface area contributed by atoms with Crippen molar-refractivity contribution >= 4 is 43.3 Å². The zero-order valence-electron chi connectivity index (χ0n) is 14.2. The van der Waals surface area contributed by atoms with Crippen LogP contribution in [0.25, 0.3) is 0 Å². The Bertz CT molecular complexity index is 896. The van der Waals surface area contributed by atoms with Crippen LogP contribution in [0.4, 0.5) is 5.69 Å². The summed E-state index contributed by atoms with van der Waals surface area (Å²) in [6, 6.07) is 13.2. The summed E-state index contributed by atoms with van der Waals surface area (Å²) in [5.74, 6) is -0.858. The Labute approximate surface area is 161 Å². The van der Waals surface area contributed by atoms with Gasteiger partial charge in [-0.15, -0.1) is 0 Å². The molecule has 0 unspecified atom stereocenters. The van der Waals surface area contributed by atoms with Crippen molar-refractivity contribution in [2.45, 2.75) is 18.2 Å². The third-order valence-electron chi connectivity index (χ3n) is 3.61. The average Bonchev–Trinajstić information content (AvgIpc) is 2.63. The van der Waals surface area contributed by atoms with Crippen LogP contribution in [-0.2, 0) is 14.6 Å². The van der Waals surface area contributed by atoms with Crippen LogP contribution < -0.4 is 10.6 Å². The fourth-order valence-electron chi connectivity index (χ4n) is 2.22. The summed E-state index contributed by atoms with van der Waals surface area (Å²) < 4.78 is 25.1. The van der Waals surface area contributed by atoms with Gasteiger partial charge in [-0.2, -0.15) is 0 Å². The number of benzene rings is 2. The molecule has 0 heterocycles. The van der Waals surface area contributed by atoms with Crippen LogP contribution in [0.15, 0.2) is 57.9 Å². The predicted molar refractivity (Wildman–Crippen MR) is 104 cm³/mol. The summed E-state index contributed by atoms with van der Waals surface area (Å²) in [6.45, 7) is 1.62. The molecule has 0 aromatic heterocycles. The lowest BCUT2D eigenvalue weighted by atomic mass is 10.2. The lowest BCUT2D eigenvalue weighted by Crippen LogP contribution is -2.29. The molecular weight excluding hydrogens is 420 g/mol. The van der Waals surface area contributed by atoms with E-state index in [4.69, 9.17) is 0 Å². The van der Waals surface area contributed by atoms with Crippen LogP contribution in [0.5, 0.6) is 0 Å². The molecule has 2 N–H and O–H groups in total. The Balaban J connectivity index is 1.93. The molecule has 2 rings (SSSR count). The number of amides is 2. The monoisotopic (exact) mass is 438 g/mol. The summed E-state index contributed by atoms with van der Waals surface area (Å²) in [7, 11) is -3.50. The van der Waals surface area contributed by atoms with E-state index in [1.807, 2.05) is 12.1 Å². The molecule has 0 bridgehead atoms. The fourth-order valence-corrected chi connectivity index (χ4v) is 3.58.